The monoisotopic (exact) mass is 264 g/mol. The lowest BCUT2D eigenvalue weighted by molar-refractivity contribution is -0.119. The van der Waals surface area contributed by atoms with Crippen molar-refractivity contribution >= 4 is 12.2 Å². The Balaban J connectivity index is 2.20. The van der Waals surface area contributed by atoms with Crippen LogP contribution in [0.15, 0.2) is 23.7 Å². The van der Waals surface area contributed by atoms with E-state index in [9.17, 15) is 9.18 Å². The number of hydrogen-bond donors (Lipinski definition) is 2. The number of carbonyl (C=O) groups is 1. The van der Waals surface area contributed by atoms with Crippen LogP contribution in [0.25, 0.3) is 0 Å². The number of amides is 1. The van der Waals surface area contributed by atoms with Crippen LogP contribution < -0.4 is 11.1 Å². The third kappa shape index (κ3) is 2.67. The number of nitrogens with two attached hydrogens (primary N) is 1. The fraction of sp³-hybridized carbons (Fsp3) is 0.385. The molecule has 0 spiro atoms. The van der Waals surface area contributed by atoms with Gasteiger partial charge in [-0.2, -0.15) is 0 Å². The minimum Gasteiger partial charge on any atom is -0.399 e. The molecule has 5 nitrogen and oxygen atoms in total. The second-order valence-corrected chi connectivity index (χ2v) is 4.65. The average Bonchev–Trinajstić information content (AvgIpc) is 2.40. The standard InChI is InChI=1S/C13H17FN4O/c1-8-5-12(16-6-10(8)14)17-11-3-4-18(7-19)9(2)13(11)15/h5-7,9H,3-4,15H2,1-2H3,(H,16,17). The Morgan fingerprint density at radius 2 is 2.37 bits per heavy atom. The number of anilines is 1. The van der Waals surface area contributed by atoms with E-state index in [0.29, 0.717) is 30.0 Å². The molecule has 102 valence electrons. The minimum absolute atomic E-state index is 0.143. The Labute approximate surface area is 111 Å². The normalized spacial score (nSPS) is 19.5. The molecule has 0 saturated heterocycles. The topological polar surface area (TPSA) is 71.2 Å². The fourth-order valence-electron chi connectivity index (χ4n) is 2.05. The first-order valence-corrected chi connectivity index (χ1v) is 6.11. The summed E-state index contributed by atoms with van der Waals surface area (Å²) in [7, 11) is 0. The summed E-state index contributed by atoms with van der Waals surface area (Å²) >= 11 is 0. The molecule has 1 aromatic rings. The molecule has 1 atom stereocenters. The fourth-order valence-corrected chi connectivity index (χ4v) is 2.05. The molecule has 0 radical (unpaired) electrons. The van der Waals surface area contributed by atoms with Crippen LogP contribution in [0.5, 0.6) is 0 Å². The van der Waals surface area contributed by atoms with Crippen LogP contribution >= 0.6 is 0 Å². The Morgan fingerprint density at radius 1 is 1.63 bits per heavy atom. The van der Waals surface area contributed by atoms with Crippen molar-refractivity contribution in [3.8, 4) is 0 Å². The average molecular weight is 264 g/mol. The number of halogens is 1. The van der Waals surface area contributed by atoms with Crippen LogP contribution in [0, 0.1) is 12.7 Å². The first-order valence-electron chi connectivity index (χ1n) is 6.11. The molecule has 2 heterocycles. The van der Waals surface area contributed by atoms with E-state index in [2.05, 4.69) is 10.3 Å². The number of carbonyl (C=O) groups excluding carboxylic acids is 1. The van der Waals surface area contributed by atoms with E-state index in [1.54, 1.807) is 17.9 Å². The number of pyridine rings is 1. The molecule has 19 heavy (non-hydrogen) atoms. The van der Waals surface area contributed by atoms with E-state index in [0.717, 1.165) is 12.1 Å². The largest absolute Gasteiger partial charge is 0.399 e. The van der Waals surface area contributed by atoms with Gasteiger partial charge < -0.3 is 16.0 Å². The van der Waals surface area contributed by atoms with Crippen LogP contribution in [0.4, 0.5) is 10.2 Å². The van der Waals surface area contributed by atoms with Gasteiger partial charge in [-0.1, -0.05) is 0 Å². The zero-order valence-corrected chi connectivity index (χ0v) is 11.0. The summed E-state index contributed by atoms with van der Waals surface area (Å²) in [5.74, 6) is 0.222. The summed E-state index contributed by atoms with van der Waals surface area (Å²) in [5, 5.41) is 3.11. The zero-order valence-electron chi connectivity index (χ0n) is 11.0. The van der Waals surface area contributed by atoms with Gasteiger partial charge in [0.1, 0.15) is 11.6 Å². The van der Waals surface area contributed by atoms with Crippen LogP contribution in [0.2, 0.25) is 0 Å². The van der Waals surface area contributed by atoms with Crippen molar-refractivity contribution in [3.05, 3.63) is 35.0 Å². The second kappa shape index (κ2) is 5.26. The van der Waals surface area contributed by atoms with Crippen molar-refractivity contribution in [1.29, 1.82) is 0 Å². The van der Waals surface area contributed by atoms with Crippen LogP contribution in [0.1, 0.15) is 18.9 Å². The van der Waals surface area contributed by atoms with Gasteiger partial charge >= 0.3 is 0 Å². The molecule has 1 aliphatic heterocycles. The van der Waals surface area contributed by atoms with Gasteiger partial charge in [0.05, 0.1) is 17.9 Å². The van der Waals surface area contributed by atoms with Gasteiger partial charge in [-0.15, -0.1) is 0 Å². The summed E-state index contributed by atoms with van der Waals surface area (Å²) in [6.45, 7) is 4.15. The van der Waals surface area contributed by atoms with Crippen molar-refractivity contribution in [2.45, 2.75) is 26.3 Å². The Kier molecular flexibility index (Phi) is 3.69. The zero-order chi connectivity index (χ0) is 14.0. The third-order valence-electron chi connectivity index (χ3n) is 3.38. The van der Waals surface area contributed by atoms with Crippen molar-refractivity contribution < 1.29 is 9.18 Å². The van der Waals surface area contributed by atoms with E-state index >= 15 is 0 Å². The maximum atomic E-state index is 13.1. The maximum Gasteiger partial charge on any atom is 0.210 e. The van der Waals surface area contributed by atoms with Crippen LogP contribution in [-0.4, -0.2) is 28.9 Å². The van der Waals surface area contributed by atoms with Gasteiger partial charge in [0, 0.05) is 18.7 Å². The number of aryl methyl sites for hydroxylation is 1. The van der Waals surface area contributed by atoms with Gasteiger partial charge in [0.15, 0.2) is 0 Å². The lowest BCUT2D eigenvalue weighted by Crippen LogP contribution is -2.42. The molecule has 6 heteroatoms. The molecule has 0 aromatic carbocycles. The predicted octanol–water partition coefficient (Wildman–Crippen LogP) is 1.36. The molecule has 1 aromatic heterocycles. The first-order chi connectivity index (χ1) is 9.02. The number of aromatic nitrogens is 1. The lowest BCUT2D eigenvalue weighted by atomic mass is 10.1. The summed E-state index contributed by atoms with van der Waals surface area (Å²) in [5.41, 5.74) is 7.99. The van der Waals surface area contributed by atoms with E-state index in [4.69, 9.17) is 5.73 Å². The molecular weight excluding hydrogens is 247 g/mol. The molecule has 0 bridgehead atoms. The second-order valence-electron chi connectivity index (χ2n) is 4.65. The van der Waals surface area contributed by atoms with Gasteiger partial charge in [-0.25, -0.2) is 9.37 Å². The van der Waals surface area contributed by atoms with Gasteiger partial charge in [-0.3, -0.25) is 4.79 Å². The highest BCUT2D eigenvalue weighted by Gasteiger charge is 2.23. The van der Waals surface area contributed by atoms with E-state index in [1.165, 1.54) is 6.20 Å². The van der Waals surface area contributed by atoms with Crippen molar-refractivity contribution in [3.63, 3.8) is 0 Å². The third-order valence-corrected chi connectivity index (χ3v) is 3.38. The van der Waals surface area contributed by atoms with Gasteiger partial charge in [0.25, 0.3) is 0 Å². The number of nitrogens with one attached hydrogen (secondary N) is 1. The molecule has 0 aliphatic carbocycles. The van der Waals surface area contributed by atoms with E-state index < -0.39 is 0 Å². The molecule has 0 fully saturated rings. The first kappa shape index (κ1) is 13.3. The quantitative estimate of drug-likeness (QED) is 0.809. The highest BCUT2D eigenvalue weighted by molar-refractivity contribution is 5.52. The highest BCUT2D eigenvalue weighted by atomic mass is 19.1. The summed E-state index contributed by atoms with van der Waals surface area (Å²) in [4.78, 5) is 16.5. The summed E-state index contributed by atoms with van der Waals surface area (Å²) in [6.07, 6.45) is 2.61. The lowest BCUT2D eigenvalue weighted by Gasteiger charge is -2.32. The van der Waals surface area contributed by atoms with Crippen molar-refractivity contribution in [1.82, 2.24) is 9.88 Å². The van der Waals surface area contributed by atoms with E-state index in [-0.39, 0.29) is 11.9 Å². The maximum absolute atomic E-state index is 13.1. The number of rotatable bonds is 3. The Morgan fingerprint density at radius 3 is 3.00 bits per heavy atom. The molecule has 0 saturated carbocycles. The van der Waals surface area contributed by atoms with Crippen LogP contribution in [0.3, 0.4) is 0 Å². The molecule has 2 rings (SSSR count). The minimum atomic E-state index is -0.336. The predicted molar refractivity (Wildman–Crippen MR) is 70.6 cm³/mol. The SMILES string of the molecule is Cc1cc(NC2=C(N)C(C)N(C=O)CC2)ncc1F. The molecule has 1 unspecified atom stereocenters. The molecular formula is C13H17FN4O. The Hall–Kier alpha value is -2.11. The Bertz CT molecular complexity index is 529. The molecule has 3 N–H and O–H groups in total. The summed E-state index contributed by atoms with van der Waals surface area (Å²) in [6, 6.07) is 1.49. The highest BCUT2D eigenvalue weighted by Crippen LogP contribution is 2.21. The van der Waals surface area contributed by atoms with Crippen molar-refractivity contribution in [2.75, 3.05) is 11.9 Å². The molecule has 1 amide bonds. The van der Waals surface area contributed by atoms with Gasteiger partial charge in [-0.05, 0) is 25.5 Å². The van der Waals surface area contributed by atoms with Crippen molar-refractivity contribution in [2.24, 2.45) is 5.73 Å². The summed E-state index contributed by atoms with van der Waals surface area (Å²) < 4.78 is 13.1. The van der Waals surface area contributed by atoms with Gasteiger partial charge in [0.2, 0.25) is 6.41 Å². The molecule has 1 aliphatic rings. The number of nitrogens with zero attached hydrogens (tertiary/aromatic N) is 2. The van der Waals surface area contributed by atoms with E-state index in [1.807, 2.05) is 6.92 Å². The number of hydrogen-bond acceptors (Lipinski definition) is 4. The smallest absolute Gasteiger partial charge is 0.210 e. The van der Waals surface area contributed by atoms with Crippen LogP contribution in [-0.2, 0) is 4.79 Å².